The van der Waals surface area contributed by atoms with Crippen molar-refractivity contribution in [3.05, 3.63) is 50.7 Å². The lowest BCUT2D eigenvalue weighted by Crippen LogP contribution is -2.13. The molecular weight excluding hydrogens is 284 g/mol. The number of benzene rings is 1. The quantitative estimate of drug-likeness (QED) is 0.668. The highest BCUT2D eigenvalue weighted by Crippen LogP contribution is 2.23. The van der Waals surface area contributed by atoms with Crippen LogP contribution in [0.25, 0.3) is 0 Å². The second kappa shape index (κ2) is 5.70. The Morgan fingerprint density at radius 2 is 2.25 bits per heavy atom. The van der Waals surface area contributed by atoms with Crippen LogP contribution in [0.1, 0.15) is 23.0 Å². The van der Waals surface area contributed by atoms with E-state index in [4.69, 9.17) is 11.6 Å². The van der Waals surface area contributed by atoms with Crippen LogP contribution in [0.2, 0.25) is 5.02 Å². The van der Waals surface area contributed by atoms with E-state index in [1.165, 1.54) is 12.1 Å². The standard InChI is InChI=1S/C12H11ClN4O3/c1-2-7-5-11(16-15-7)14-12(18)9-6-8(17(19)20)3-4-10(9)13/h3-6H,2H2,1H3,(H2,14,15,16,18). The minimum Gasteiger partial charge on any atom is -0.305 e. The van der Waals surface area contributed by atoms with Crippen molar-refractivity contribution in [2.24, 2.45) is 0 Å². The molecule has 0 saturated heterocycles. The summed E-state index contributed by atoms with van der Waals surface area (Å²) < 4.78 is 0. The summed E-state index contributed by atoms with van der Waals surface area (Å²) in [4.78, 5) is 22.1. The number of aromatic nitrogens is 2. The Balaban J connectivity index is 2.24. The van der Waals surface area contributed by atoms with E-state index in [1.54, 1.807) is 6.07 Å². The van der Waals surface area contributed by atoms with E-state index in [2.05, 4.69) is 15.5 Å². The summed E-state index contributed by atoms with van der Waals surface area (Å²) >= 11 is 5.88. The summed E-state index contributed by atoms with van der Waals surface area (Å²) in [6.07, 6.45) is 0.750. The fraction of sp³-hybridized carbons (Fsp3) is 0.167. The smallest absolute Gasteiger partial charge is 0.270 e. The molecule has 0 radical (unpaired) electrons. The Morgan fingerprint density at radius 1 is 1.50 bits per heavy atom. The van der Waals surface area contributed by atoms with Crippen LogP contribution in [0.4, 0.5) is 11.5 Å². The van der Waals surface area contributed by atoms with Gasteiger partial charge in [-0.2, -0.15) is 5.10 Å². The second-order valence-electron chi connectivity index (χ2n) is 4.01. The van der Waals surface area contributed by atoms with Gasteiger partial charge in [0.2, 0.25) is 0 Å². The van der Waals surface area contributed by atoms with Crippen molar-refractivity contribution in [1.82, 2.24) is 10.2 Å². The third-order valence-corrected chi connectivity index (χ3v) is 2.99. The summed E-state index contributed by atoms with van der Waals surface area (Å²) in [5.41, 5.74) is 0.697. The van der Waals surface area contributed by atoms with E-state index in [0.717, 1.165) is 18.2 Å². The number of H-pyrrole nitrogens is 1. The Labute approximate surface area is 119 Å². The van der Waals surface area contributed by atoms with Crippen LogP contribution in [0.5, 0.6) is 0 Å². The van der Waals surface area contributed by atoms with E-state index in [1.807, 2.05) is 6.92 Å². The van der Waals surface area contributed by atoms with Gasteiger partial charge in [0.25, 0.3) is 11.6 Å². The number of nitrogens with one attached hydrogen (secondary N) is 2. The van der Waals surface area contributed by atoms with Crippen molar-refractivity contribution < 1.29 is 9.72 Å². The number of carbonyl (C=O) groups excluding carboxylic acids is 1. The molecule has 0 spiro atoms. The summed E-state index contributed by atoms with van der Waals surface area (Å²) in [6.45, 7) is 1.94. The number of nitrogens with zero attached hydrogens (tertiary/aromatic N) is 2. The van der Waals surface area contributed by atoms with Gasteiger partial charge in [0.15, 0.2) is 5.82 Å². The number of hydrogen-bond donors (Lipinski definition) is 2. The van der Waals surface area contributed by atoms with Gasteiger partial charge >= 0.3 is 0 Å². The van der Waals surface area contributed by atoms with Crippen molar-refractivity contribution in [2.75, 3.05) is 5.32 Å². The highest BCUT2D eigenvalue weighted by molar-refractivity contribution is 6.34. The summed E-state index contributed by atoms with van der Waals surface area (Å²) in [7, 11) is 0. The number of nitro benzene ring substituents is 1. The largest absolute Gasteiger partial charge is 0.305 e. The summed E-state index contributed by atoms with van der Waals surface area (Å²) in [6, 6.07) is 5.37. The number of nitro groups is 1. The van der Waals surface area contributed by atoms with Gasteiger partial charge in [-0.15, -0.1) is 0 Å². The van der Waals surface area contributed by atoms with Crippen molar-refractivity contribution in [3.63, 3.8) is 0 Å². The number of rotatable bonds is 4. The van der Waals surface area contributed by atoms with Crippen molar-refractivity contribution in [1.29, 1.82) is 0 Å². The van der Waals surface area contributed by atoms with Crippen LogP contribution < -0.4 is 5.32 Å². The highest BCUT2D eigenvalue weighted by atomic mass is 35.5. The van der Waals surface area contributed by atoms with Crippen LogP contribution in [0.15, 0.2) is 24.3 Å². The molecule has 2 rings (SSSR count). The van der Waals surface area contributed by atoms with Crippen molar-refractivity contribution in [3.8, 4) is 0 Å². The third-order valence-electron chi connectivity index (χ3n) is 2.66. The van der Waals surface area contributed by atoms with E-state index < -0.39 is 10.8 Å². The molecule has 2 N–H and O–H groups in total. The van der Waals surface area contributed by atoms with E-state index in [-0.39, 0.29) is 16.3 Å². The zero-order chi connectivity index (χ0) is 14.7. The van der Waals surface area contributed by atoms with Gasteiger partial charge in [0.05, 0.1) is 15.5 Å². The van der Waals surface area contributed by atoms with Crippen LogP contribution in [0.3, 0.4) is 0 Å². The Hall–Kier alpha value is -2.41. The average molecular weight is 295 g/mol. The molecule has 1 heterocycles. The summed E-state index contributed by atoms with van der Waals surface area (Å²) in [5.74, 6) is -0.206. The molecule has 0 fully saturated rings. The topological polar surface area (TPSA) is 101 Å². The van der Waals surface area contributed by atoms with Gasteiger partial charge in [-0.3, -0.25) is 20.0 Å². The first-order valence-corrected chi connectivity index (χ1v) is 6.18. The Bertz CT molecular complexity index is 668. The third kappa shape index (κ3) is 2.94. The first-order valence-electron chi connectivity index (χ1n) is 5.81. The molecule has 1 amide bonds. The van der Waals surface area contributed by atoms with Gasteiger partial charge in [0, 0.05) is 23.9 Å². The number of non-ortho nitro benzene ring substituents is 1. The molecule has 1 aromatic carbocycles. The predicted molar refractivity (Wildman–Crippen MR) is 74.0 cm³/mol. The molecule has 0 aliphatic carbocycles. The molecule has 0 aliphatic heterocycles. The maximum atomic E-state index is 12.0. The predicted octanol–water partition coefficient (Wildman–Crippen LogP) is 2.79. The molecule has 1 aromatic heterocycles. The highest BCUT2D eigenvalue weighted by Gasteiger charge is 2.16. The monoisotopic (exact) mass is 294 g/mol. The normalized spacial score (nSPS) is 10.3. The lowest BCUT2D eigenvalue weighted by atomic mass is 10.2. The number of anilines is 1. The zero-order valence-electron chi connectivity index (χ0n) is 10.5. The van der Waals surface area contributed by atoms with Gasteiger partial charge in [-0.05, 0) is 12.5 Å². The molecule has 104 valence electrons. The van der Waals surface area contributed by atoms with Gasteiger partial charge < -0.3 is 5.32 Å². The Morgan fingerprint density at radius 3 is 2.85 bits per heavy atom. The molecule has 0 saturated carbocycles. The van der Waals surface area contributed by atoms with Crippen LogP contribution in [-0.2, 0) is 6.42 Å². The lowest BCUT2D eigenvalue weighted by Gasteiger charge is -2.03. The molecule has 0 unspecified atom stereocenters. The first-order chi connectivity index (χ1) is 9.51. The minimum absolute atomic E-state index is 0.0296. The zero-order valence-corrected chi connectivity index (χ0v) is 11.3. The maximum Gasteiger partial charge on any atom is 0.270 e. The summed E-state index contributed by atoms with van der Waals surface area (Å²) in [5, 5.41) is 20.0. The van der Waals surface area contributed by atoms with Gasteiger partial charge in [0.1, 0.15) is 0 Å². The van der Waals surface area contributed by atoms with E-state index in [9.17, 15) is 14.9 Å². The van der Waals surface area contributed by atoms with Crippen molar-refractivity contribution >= 4 is 29.0 Å². The fourth-order valence-corrected chi connectivity index (χ4v) is 1.79. The number of aromatic amines is 1. The molecule has 0 atom stereocenters. The number of carbonyl (C=O) groups is 1. The second-order valence-corrected chi connectivity index (χ2v) is 4.41. The number of aryl methyl sites for hydroxylation is 1. The first kappa shape index (κ1) is 14.0. The molecule has 2 aromatic rings. The van der Waals surface area contributed by atoms with Crippen molar-refractivity contribution in [2.45, 2.75) is 13.3 Å². The van der Waals surface area contributed by atoms with Gasteiger partial charge in [-0.1, -0.05) is 18.5 Å². The number of amides is 1. The van der Waals surface area contributed by atoms with E-state index in [0.29, 0.717) is 5.82 Å². The van der Waals surface area contributed by atoms with E-state index >= 15 is 0 Å². The number of hydrogen-bond acceptors (Lipinski definition) is 4. The molecule has 20 heavy (non-hydrogen) atoms. The van der Waals surface area contributed by atoms with Crippen LogP contribution in [-0.4, -0.2) is 21.0 Å². The maximum absolute atomic E-state index is 12.0. The van der Waals surface area contributed by atoms with Crippen LogP contribution >= 0.6 is 11.6 Å². The lowest BCUT2D eigenvalue weighted by molar-refractivity contribution is -0.384. The van der Waals surface area contributed by atoms with Crippen LogP contribution in [0, 0.1) is 10.1 Å². The number of halogens is 1. The molecule has 8 heteroatoms. The molecular formula is C12H11ClN4O3. The minimum atomic E-state index is -0.586. The van der Waals surface area contributed by atoms with Gasteiger partial charge in [-0.25, -0.2) is 0 Å². The SMILES string of the molecule is CCc1cc(NC(=O)c2cc([N+](=O)[O-])ccc2Cl)n[nH]1. The average Bonchev–Trinajstić information content (AvgIpc) is 2.86. The molecule has 0 bridgehead atoms. The molecule has 0 aliphatic rings. The molecule has 7 nitrogen and oxygen atoms in total. The fourth-order valence-electron chi connectivity index (χ4n) is 1.59. The Kier molecular flexibility index (Phi) is 3.99.